The highest BCUT2D eigenvalue weighted by Gasteiger charge is 2.44. The Balaban J connectivity index is 1.54. The summed E-state index contributed by atoms with van der Waals surface area (Å²) >= 11 is 1.63. The van der Waals surface area contributed by atoms with Gasteiger partial charge in [0.05, 0.1) is 11.5 Å². The Hall–Kier alpha value is -2.73. The first-order valence-corrected chi connectivity index (χ1v) is 11.1. The largest absolute Gasteiger partial charge is 0.490 e. The van der Waals surface area contributed by atoms with Gasteiger partial charge < -0.3 is 9.47 Å². The fourth-order valence-corrected chi connectivity index (χ4v) is 5.23. The average Bonchev–Trinajstić information content (AvgIpc) is 3.17. The van der Waals surface area contributed by atoms with Crippen LogP contribution in [0.25, 0.3) is 0 Å². The van der Waals surface area contributed by atoms with Crippen molar-refractivity contribution in [1.82, 2.24) is 0 Å². The van der Waals surface area contributed by atoms with Crippen LogP contribution in [0, 0.1) is 12.8 Å². The minimum Gasteiger partial charge on any atom is -0.490 e. The zero-order chi connectivity index (χ0) is 21.1. The third kappa shape index (κ3) is 4.24. The summed E-state index contributed by atoms with van der Waals surface area (Å²) < 4.78 is 11.2. The van der Waals surface area contributed by atoms with E-state index >= 15 is 0 Å². The first-order valence-electron chi connectivity index (χ1n) is 10.3. The lowest BCUT2D eigenvalue weighted by molar-refractivity contribution is -0.140. The number of para-hydroxylation sites is 1. The van der Waals surface area contributed by atoms with Crippen LogP contribution in [-0.2, 0) is 14.3 Å². The molecule has 5 nitrogen and oxygen atoms in total. The van der Waals surface area contributed by atoms with E-state index in [4.69, 9.17) is 9.47 Å². The molecular weight excluding hydrogens is 398 g/mol. The lowest BCUT2D eigenvalue weighted by Crippen LogP contribution is -2.38. The Morgan fingerprint density at radius 3 is 2.60 bits per heavy atom. The number of ketones is 1. The number of carbonyl (C=O) groups excluding carboxylic acids is 2. The predicted molar refractivity (Wildman–Crippen MR) is 117 cm³/mol. The number of allylic oxidation sites excluding steroid dienone is 1. The van der Waals surface area contributed by atoms with Gasteiger partial charge in [0.2, 0.25) is 0 Å². The smallest absolute Gasteiger partial charge is 0.336 e. The molecule has 1 aliphatic heterocycles. The van der Waals surface area contributed by atoms with Crippen molar-refractivity contribution in [3.05, 3.63) is 63.5 Å². The highest BCUT2D eigenvalue weighted by atomic mass is 32.1. The number of Topliss-reactive ketones (excluding diaryl/α,β-unsaturated/α-hetero) is 1. The van der Waals surface area contributed by atoms with E-state index in [2.05, 4.69) is 4.99 Å². The molecule has 0 saturated heterocycles. The molecule has 1 aromatic heterocycles. The van der Waals surface area contributed by atoms with Crippen molar-refractivity contribution in [1.29, 1.82) is 0 Å². The van der Waals surface area contributed by atoms with E-state index in [1.807, 2.05) is 56.3 Å². The molecule has 2 atom stereocenters. The van der Waals surface area contributed by atoms with Crippen LogP contribution in [-0.4, -0.2) is 30.7 Å². The van der Waals surface area contributed by atoms with Crippen LogP contribution < -0.4 is 4.74 Å². The van der Waals surface area contributed by atoms with Crippen LogP contribution in [0.4, 0.5) is 0 Å². The Labute approximate surface area is 180 Å². The summed E-state index contributed by atoms with van der Waals surface area (Å²) in [6.07, 6.45) is 2.17. The van der Waals surface area contributed by atoms with Crippen molar-refractivity contribution in [3.8, 4) is 5.75 Å². The number of aliphatic imine (C=N–C) groups is 1. The highest BCUT2D eigenvalue weighted by molar-refractivity contribution is 7.12. The molecule has 156 valence electrons. The summed E-state index contributed by atoms with van der Waals surface area (Å²) in [7, 11) is 0. The lowest BCUT2D eigenvalue weighted by atomic mass is 9.71. The maximum atomic E-state index is 13.1. The van der Waals surface area contributed by atoms with Gasteiger partial charge in [0.1, 0.15) is 24.7 Å². The molecule has 1 saturated carbocycles. The van der Waals surface area contributed by atoms with Crippen LogP contribution in [0.1, 0.15) is 41.9 Å². The second-order valence-electron chi connectivity index (χ2n) is 7.62. The number of benzene rings is 1. The lowest BCUT2D eigenvalue weighted by Gasteiger charge is -2.34. The van der Waals surface area contributed by atoms with E-state index in [9.17, 15) is 9.59 Å². The predicted octanol–water partition coefficient (Wildman–Crippen LogP) is 4.86. The fraction of sp³-hybridized carbons (Fsp3) is 0.375. The van der Waals surface area contributed by atoms with E-state index in [0.717, 1.165) is 34.1 Å². The van der Waals surface area contributed by atoms with Crippen molar-refractivity contribution in [3.63, 3.8) is 0 Å². The number of aryl methyl sites for hydroxylation is 1. The molecule has 0 amide bonds. The van der Waals surface area contributed by atoms with Crippen molar-refractivity contribution >= 4 is 28.8 Å². The standard InChI is InChI=1S/C24H25NO4S/c1-15-11-12-20(30-15)23-21(16(2)25-18-9-6-10-19(26)22(18)23)24(27)29-14-13-28-17-7-4-3-5-8-17/h3-5,7-8,11-12,22-23H,6,9-10,13-14H2,1-2H3. The van der Waals surface area contributed by atoms with E-state index < -0.39 is 5.97 Å². The summed E-state index contributed by atoms with van der Waals surface area (Å²) in [5.41, 5.74) is 2.06. The van der Waals surface area contributed by atoms with Gasteiger partial charge in [0.25, 0.3) is 0 Å². The van der Waals surface area contributed by atoms with Gasteiger partial charge in [-0.15, -0.1) is 11.3 Å². The third-order valence-corrected chi connectivity index (χ3v) is 6.61. The minimum absolute atomic E-state index is 0.135. The number of hydrogen-bond acceptors (Lipinski definition) is 6. The van der Waals surface area contributed by atoms with Gasteiger partial charge in [-0.05, 0) is 51.0 Å². The van der Waals surface area contributed by atoms with E-state index in [1.54, 1.807) is 11.3 Å². The highest BCUT2D eigenvalue weighted by Crippen LogP contribution is 2.45. The van der Waals surface area contributed by atoms with Gasteiger partial charge in [-0.1, -0.05) is 18.2 Å². The number of thiophene rings is 1. The molecule has 4 rings (SSSR count). The molecule has 2 unspecified atom stereocenters. The molecule has 2 aliphatic rings. The number of ether oxygens (including phenoxy) is 2. The summed E-state index contributed by atoms with van der Waals surface area (Å²) in [4.78, 5) is 32.8. The molecule has 2 aromatic rings. The van der Waals surface area contributed by atoms with Crippen LogP contribution in [0.2, 0.25) is 0 Å². The Bertz CT molecular complexity index is 1010. The Kier molecular flexibility index (Phi) is 6.13. The van der Waals surface area contributed by atoms with E-state index in [-0.39, 0.29) is 30.8 Å². The van der Waals surface area contributed by atoms with Crippen LogP contribution in [0.3, 0.4) is 0 Å². The van der Waals surface area contributed by atoms with Gasteiger partial charge in [0.15, 0.2) is 0 Å². The number of esters is 1. The number of nitrogens with zero attached hydrogens (tertiary/aromatic N) is 1. The number of fused-ring (bicyclic) bond motifs is 1. The molecule has 30 heavy (non-hydrogen) atoms. The normalized spacial score (nSPS) is 21.1. The van der Waals surface area contributed by atoms with Crippen LogP contribution >= 0.6 is 11.3 Å². The topological polar surface area (TPSA) is 65.0 Å². The first-order chi connectivity index (χ1) is 14.5. The maximum Gasteiger partial charge on any atom is 0.336 e. The zero-order valence-corrected chi connectivity index (χ0v) is 18.0. The van der Waals surface area contributed by atoms with Crippen molar-refractivity contribution in [2.75, 3.05) is 13.2 Å². The van der Waals surface area contributed by atoms with Gasteiger partial charge in [0, 0.05) is 33.5 Å². The summed E-state index contributed by atoms with van der Waals surface area (Å²) in [6, 6.07) is 13.5. The van der Waals surface area contributed by atoms with Gasteiger partial charge in [-0.3, -0.25) is 9.79 Å². The van der Waals surface area contributed by atoms with E-state index in [1.165, 1.54) is 0 Å². The molecule has 2 heterocycles. The molecule has 0 bridgehead atoms. The SMILES string of the molecule is CC1=C(C(=O)OCCOc2ccccc2)C(c2ccc(C)s2)C2C(=O)CCCC2=N1. The third-order valence-electron chi connectivity index (χ3n) is 5.52. The average molecular weight is 424 g/mol. The van der Waals surface area contributed by atoms with Gasteiger partial charge in [-0.25, -0.2) is 4.79 Å². The zero-order valence-electron chi connectivity index (χ0n) is 17.2. The minimum atomic E-state index is -0.415. The van der Waals surface area contributed by atoms with Crippen molar-refractivity contribution in [2.45, 2.75) is 39.0 Å². The second kappa shape index (κ2) is 8.96. The molecular formula is C24H25NO4S. The second-order valence-corrected chi connectivity index (χ2v) is 8.94. The number of rotatable bonds is 6. The molecule has 6 heteroatoms. The summed E-state index contributed by atoms with van der Waals surface area (Å²) in [5, 5.41) is 0. The molecule has 1 aliphatic carbocycles. The molecule has 0 N–H and O–H groups in total. The molecule has 1 fully saturated rings. The van der Waals surface area contributed by atoms with Gasteiger partial charge in [-0.2, -0.15) is 0 Å². The first kappa shape index (κ1) is 20.5. The van der Waals surface area contributed by atoms with E-state index in [0.29, 0.717) is 17.7 Å². The monoisotopic (exact) mass is 423 g/mol. The fourth-order valence-electron chi connectivity index (χ4n) is 4.20. The summed E-state index contributed by atoms with van der Waals surface area (Å²) in [6.45, 7) is 4.27. The van der Waals surface area contributed by atoms with Crippen molar-refractivity contribution in [2.24, 2.45) is 10.9 Å². The molecule has 0 radical (unpaired) electrons. The quantitative estimate of drug-likeness (QED) is 0.492. The number of hydrogen-bond donors (Lipinski definition) is 0. The van der Waals surface area contributed by atoms with Crippen LogP contribution in [0.15, 0.2) is 58.7 Å². The van der Waals surface area contributed by atoms with Crippen LogP contribution in [0.5, 0.6) is 5.75 Å². The van der Waals surface area contributed by atoms with Crippen molar-refractivity contribution < 1.29 is 19.1 Å². The summed E-state index contributed by atoms with van der Waals surface area (Å²) in [5.74, 6) is -0.187. The molecule has 0 spiro atoms. The maximum absolute atomic E-state index is 13.1. The number of carbonyl (C=O) groups is 2. The molecule has 1 aromatic carbocycles. The van der Waals surface area contributed by atoms with Gasteiger partial charge >= 0.3 is 5.97 Å². The Morgan fingerprint density at radius 2 is 1.87 bits per heavy atom. The Morgan fingerprint density at radius 1 is 1.07 bits per heavy atom.